The predicted octanol–water partition coefficient (Wildman–Crippen LogP) is 1.03. The summed E-state index contributed by atoms with van der Waals surface area (Å²) in [6.45, 7) is 4.42. The number of nitrogens with zero attached hydrogens (tertiary/aromatic N) is 4. The van der Waals surface area contributed by atoms with Gasteiger partial charge in [-0.25, -0.2) is 10.4 Å². The second kappa shape index (κ2) is 7.36. The first-order chi connectivity index (χ1) is 14.0. The first kappa shape index (κ1) is 19.0. The molecular weight excluding hydrogens is 366 g/mol. The van der Waals surface area contributed by atoms with Crippen molar-refractivity contribution in [1.82, 2.24) is 30.9 Å². The summed E-state index contributed by atoms with van der Waals surface area (Å²) in [5.41, 5.74) is 8.64. The highest BCUT2D eigenvalue weighted by Crippen LogP contribution is 2.38. The Balaban J connectivity index is 1.35. The molecule has 5 rings (SSSR count). The van der Waals surface area contributed by atoms with Gasteiger partial charge in [-0.15, -0.1) is 0 Å². The molecule has 3 aliphatic heterocycles. The molecule has 0 saturated carbocycles. The Morgan fingerprint density at radius 2 is 2.17 bits per heavy atom. The van der Waals surface area contributed by atoms with Crippen molar-refractivity contribution < 1.29 is 5.11 Å². The van der Waals surface area contributed by atoms with Crippen molar-refractivity contribution in [3.8, 4) is 0 Å². The predicted molar refractivity (Wildman–Crippen MR) is 111 cm³/mol. The van der Waals surface area contributed by atoms with Crippen LogP contribution >= 0.6 is 0 Å². The summed E-state index contributed by atoms with van der Waals surface area (Å²) in [5.74, 6) is 1.42. The third-order valence-corrected chi connectivity index (χ3v) is 6.66. The number of rotatable bonds is 3. The molecule has 0 bridgehead atoms. The molecule has 29 heavy (non-hydrogen) atoms. The van der Waals surface area contributed by atoms with E-state index < -0.39 is 5.60 Å². The maximum absolute atomic E-state index is 10.5. The molecule has 0 aliphatic carbocycles. The zero-order valence-electron chi connectivity index (χ0n) is 17.2. The molecule has 3 aliphatic rings. The van der Waals surface area contributed by atoms with E-state index >= 15 is 0 Å². The highest BCUT2D eigenvalue weighted by atomic mass is 16.3. The van der Waals surface area contributed by atoms with Gasteiger partial charge in [0.25, 0.3) is 0 Å². The number of aryl methyl sites for hydroxylation is 1. The number of aliphatic hydroxyl groups is 1. The van der Waals surface area contributed by atoms with Crippen molar-refractivity contribution >= 4 is 5.82 Å². The van der Waals surface area contributed by atoms with Crippen LogP contribution in [0.5, 0.6) is 0 Å². The molecule has 3 fully saturated rings. The van der Waals surface area contributed by atoms with E-state index in [9.17, 15) is 5.11 Å². The van der Waals surface area contributed by atoms with Gasteiger partial charge in [-0.2, -0.15) is 5.10 Å². The number of piperidine rings is 2. The number of hydrazine groups is 1. The molecule has 156 valence electrons. The minimum atomic E-state index is -0.639. The van der Waals surface area contributed by atoms with Crippen molar-refractivity contribution in [3.63, 3.8) is 0 Å². The van der Waals surface area contributed by atoms with Crippen LogP contribution in [-0.4, -0.2) is 51.1 Å². The summed E-state index contributed by atoms with van der Waals surface area (Å²) < 4.78 is 1.87. The lowest BCUT2D eigenvalue weighted by atomic mass is 9.82. The van der Waals surface area contributed by atoms with Gasteiger partial charge in [0.2, 0.25) is 0 Å². The van der Waals surface area contributed by atoms with Crippen molar-refractivity contribution in [1.29, 1.82) is 0 Å². The van der Waals surface area contributed by atoms with E-state index in [1.54, 1.807) is 0 Å². The van der Waals surface area contributed by atoms with Crippen LogP contribution in [0.15, 0.2) is 30.6 Å². The molecule has 0 aromatic carbocycles. The van der Waals surface area contributed by atoms with E-state index in [-0.39, 0.29) is 6.04 Å². The molecule has 0 spiro atoms. The number of nitrogens with one attached hydrogen (secondary N) is 3. The lowest BCUT2D eigenvalue weighted by Crippen LogP contribution is -2.46. The monoisotopic (exact) mass is 397 g/mol. The van der Waals surface area contributed by atoms with Gasteiger partial charge in [0.15, 0.2) is 0 Å². The quantitative estimate of drug-likeness (QED) is 0.615. The fourth-order valence-corrected chi connectivity index (χ4v) is 5.14. The van der Waals surface area contributed by atoms with Crippen LogP contribution in [0.2, 0.25) is 0 Å². The summed E-state index contributed by atoms with van der Waals surface area (Å²) in [6, 6.07) is 7.14. The zero-order chi connectivity index (χ0) is 20.0. The van der Waals surface area contributed by atoms with Crippen LogP contribution in [0, 0.1) is 5.92 Å². The van der Waals surface area contributed by atoms with Crippen LogP contribution in [0.1, 0.15) is 49.5 Å². The maximum Gasteiger partial charge on any atom is 0.128 e. The first-order valence-electron chi connectivity index (χ1n) is 10.7. The van der Waals surface area contributed by atoms with E-state index in [1.807, 2.05) is 24.9 Å². The van der Waals surface area contributed by atoms with E-state index in [0.29, 0.717) is 24.5 Å². The highest BCUT2D eigenvalue weighted by molar-refractivity contribution is 5.41. The standard InChI is InChI=1S/C21H31N7O/c1-21(29)7-4-8-28(13-21)19-6-3-5-16(24-19)20-15-9-17(14-10-23-27(2)12-14)22-11-18(15)25-26-20/h3,5-6,10,12,15,17-18,20,22,25-26,29H,4,7-9,11,13H2,1-2H3/t15?,17?,18?,20?,21-/m1/s1. The normalized spacial score (nSPS) is 34.9. The lowest BCUT2D eigenvalue weighted by molar-refractivity contribution is 0.0447. The van der Waals surface area contributed by atoms with E-state index in [0.717, 1.165) is 43.9 Å². The number of aromatic nitrogens is 3. The number of hydrogen-bond acceptors (Lipinski definition) is 7. The van der Waals surface area contributed by atoms with Crippen LogP contribution in [0.25, 0.3) is 0 Å². The SMILES string of the molecule is Cn1cc(C2CC3C(CN2)NNC3c2cccc(N3CCC[C@@](C)(O)C3)n2)cn1. The van der Waals surface area contributed by atoms with Crippen molar-refractivity contribution in [2.45, 2.75) is 49.9 Å². The van der Waals surface area contributed by atoms with E-state index in [1.165, 1.54) is 5.56 Å². The fourth-order valence-electron chi connectivity index (χ4n) is 5.14. The molecule has 8 nitrogen and oxygen atoms in total. The topological polar surface area (TPSA) is 90.3 Å². The number of anilines is 1. The van der Waals surface area contributed by atoms with Gasteiger partial charge in [0.05, 0.1) is 23.5 Å². The van der Waals surface area contributed by atoms with Gasteiger partial charge in [0, 0.05) is 56.4 Å². The van der Waals surface area contributed by atoms with E-state index in [4.69, 9.17) is 4.98 Å². The van der Waals surface area contributed by atoms with Gasteiger partial charge in [0.1, 0.15) is 5.82 Å². The van der Waals surface area contributed by atoms with Gasteiger partial charge in [-0.05, 0) is 38.3 Å². The summed E-state index contributed by atoms with van der Waals surface area (Å²) in [6.07, 6.45) is 6.94. The molecule has 5 atom stereocenters. The number of β-amino-alcohol motifs (C(OH)–C–C–N with tert-alkyl or cyclic N) is 1. The summed E-state index contributed by atoms with van der Waals surface area (Å²) >= 11 is 0. The molecule has 0 radical (unpaired) electrons. The fraction of sp³-hybridized carbons (Fsp3) is 0.619. The molecule has 0 amide bonds. The van der Waals surface area contributed by atoms with Gasteiger partial charge < -0.3 is 15.3 Å². The molecule has 2 aromatic rings. The van der Waals surface area contributed by atoms with Crippen LogP contribution in [0.4, 0.5) is 5.82 Å². The van der Waals surface area contributed by atoms with Gasteiger partial charge >= 0.3 is 0 Å². The van der Waals surface area contributed by atoms with Crippen molar-refractivity contribution in [2.24, 2.45) is 13.0 Å². The minimum absolute atomic E-state index is 0.173. The number of pyridine rings is 1. The lowest BCUT2D eigenvalue weighted by Gasteiger charge is -2.38. The van der Waals surface area contributed by atoms with Crippen molar-refractivity contribution in [3.05, 3.63) is 41.9 Å². The first-order valence-corrected chi connectivity index (χ1v) is 10.7. The summed E-state index contributed by atoms with van der Waals surface area (Å²) in [5, 5.41) is 18.5. The third-order valence-electron chi connectivity index (χ3n) is 6.66. The molecule has 8 heteroatoms. The minimum Gasteiger partial charge on any atom is -0.388 e. The van der Waals surface area contributed by atoms with E-state index in [2.05, 4.69) is 50.6 Å². The Labute approximate surface area is 171 Å². The van der Waals surface area contributed by atoms with Crippen LogP contribution in [-0.2, 0) is 7.05 Å². The summed E-state index contributed by atoms with van der Waals surface area (Å²) in [4.78, 5) is 7.23. The number of fused-ring (bicyclic) bond motifs is 1. The van der Waals surface area contributed by atoms with Gasteiger partial charge in [-0.3, -0.25) is 10.1 Å². The Morgan fingerprint density at radius 1 is 1.28 bits per heavy atom. The third kappa shape index (κ3) is 3.77. The zero-order valence-corrected chi connectivity index (χ0v) is 17.2. The molecule has 5 heterocycles. The molecule has 3 saturated heterocycles. The van der Waals surface area contributed by atoms with Crippen LogP contribution < -0.4 is 21.1 Å². The van der Waals surface area contributed by atoms with Crippen LogP contribution in [0.3, 0.4) is 0 Å². The maximum atomic E-state index is 10.5. The molecule has 4 unspecified atom stereocenters. The molecule has 4 N–H and O–H groups in total. The Bertz CT molecular complexity index is 866. The second-order valence-electron chi connectivity index (χ2n) is 9.12. The largest absolute Gasteiger partial charge is 0.388 e. The van der Waals surface area contributed by atoms with Gasteiger partial charge in [-0.1, -0.05) is 6.07 Å². The summed E-state index contributed by atoms with van der Waals surface area (Å²) in [7, 11) is 1.96. The molecule has 2 aromatic heterocycles. The average Bonchev–Trinajstić information content (AvgIpc) is 3.33. The smallest absolute Gasteiger partial charge is 0.128 e. The Hall–Kier alpha value is -2.00. The molecular formula is C21H31N7O. The number of hydrogen-bond donors (Lipinski definition) is 4. The average molecular weight is 398 g/mol. The highest BCUT2D eigenvalue weighted by Gasteiger charge is 2.42. The Kier molecular flexibility index (Phi) is 4.82. The second-order valence-corrected chi connectivity index (χ2v) is 9.12. The van der Waals surface area contributed by atoms with Crippen molar-refractivity contribution in [2.75, 3.05) is 24.5 Å². The Morgan fingerprint density at radius 3 is 2.97 bits per heavy atom.